The summed E-state index contributed by atoms with van der Waals surface area (Å²) in [5.41, 5.74) is 4.74. The Morgan fingerprint density at radius 2 is 1.81 bits per heavy atom. The van der Waals surface area contributed by atoms with E-state index in [1.54, 1.807) is 34.1 Å². The average molecular weight is 580 g/mol. The number of halogens is 1. The summed E-state index contributed by atoms with van der Waals surface area (Å²) in [6.45, 7) is 1.44. The Bertz CT molecular complexity index is 1690. The molecule has 0 aliphatic carbocycles. The van der Waals surface area contributed by atoms with E-state index >= 15 is 0 Å². The maximum atomic E-state index is 13.6. The lowest BCUT2D eigenvalue weighted by Crippen LogP contribution is -2.44. The Labute approximate surface area is 247 Å². The monoisotopic (exact) mass is 579 g/mol. The second-order valence-corrected chi connectivity index (χ2v) is 11.5. The SMILES string of the molecule is O=C1NC2CN(C(=O)Cc3ccccc3Cc3ccc(F)cc3)CC2c2cc(C(=O)N3CCC[C@@H]3c3nn[nH]n3)ccc21. The van der Waals surface area contributed by atoms with Crippen LogP contribution >= 0.6 is 0 Å². The first kappa shape index (κ1) is 26.9. The number of likely N-dealkylation sites (tertiary alicyclic amines) is 2. The zero-order valence-electron chi connectivity index (χ0n) is 23.4. The van der Waals surface area contributed by atoms with E-state index in [1.165, 1.54) is 12.1 Å². The van der Waals surface area contributed by atoms with E-state index in [0.717, 1.165) is 35.1 Å². The van der Waals surface area contributed by atoms with Crippen molar-refractivity contribution in [3.05, 3.63) is 112 Å². The van der Waals surface area contributed by atoms with Gasteiger partial charge in [0.15, 0.2) is 5.82 Å². The molecule has 1 aromatic heterocycles. The third kappa shape index (κ3) is 5.15. The molecule has 2 saturated heterocycles. The quantitative estimate of drug-likeness (QED) is 0.362. The molecule has 2 unspecified atom stereocenters. The molecule has 7 rings (SSSR count). The molecule has 43 heavy (non-hydrogen) atoms. The lowest BCUT2D eigenvalue weighted by Gasteiger charge is -2.29. The number of hydrogen-bond acceptors (Lipinski definition) is 6. The van der Waals surface area contributed by atoms with Gasteiger partial charge in [0.05, 0.1) is 18.5 Å². The highest BCUT2D eigenvalue weighted by Gasteiger charge is 2.42. The summed E-state index contributed by atoms with van der Waals surface area (Å²) in [5.74, 6) is -0.264. The number of H-pyrrole nitrogens is 1. The second-order valence-electron chi connectivity index (χ2n) is 11.5. The van der Waals surface area contributed by atoms with Crippen molar-refractivity contribution >= 4 is 17.7 Å². The molecule has 0 radical (unpaired) electrons. The van der Waals surface area contributed by atoms with Gasteiger partial charge in [0, 0.05) is 36.7 Å². The van der Waals surface area contributed by atoms with Gasteiger partial charge in [-0.05, 0) is 71.8 Å². The molecule has 0 saturated carbocycles. The number of nitrogens with one attached hydrogen (secondary N) is 2. The Morgan fingerprint density at radius 1 is 1.00 bits per heavy atom. The van der Waals surface area contributed by atoms with Gasteiger partial charge in [0.2, 0.25) is 5.91 Å². The third-order valence-corrected chi connectivity index (χ3v) is 8.87. The van der Waals surface area contributed by atoms with Crippen molar-refractivity contribution in [3.8, 4) is 0 Å². The molecule has 2 N–H and O–H groups in total. The second kappa shape index (κ2) is 11.0. The molecule has 3 amide bonds. The molecule has 10 nitrogen and oxygen atoms in total. The van der Waals surface area contributed by atoms with Crippen LogP contribution in [-0.2, 0) is 17.6 Å². The number of aromatic amines is 1. The molecule has 2 fully saturated rings. The number of carbonyl (C=O) groups excluding carboxylic acids is 3. The molecule has 0 bridgehead atoms. The normalized spacial score (nSPS) is 21.0. The van der Waals surface area contributed by atoms with Crippen LogP contribution in [0, 0.1) is 5.82 Å². The van der Waals surface area contributed by atoms with Crippen LogP contribution in [0.25, 0.3) is 0 Å². The van der Waals surface area contributed by atoms with Crippen molar-refractivity contribution < 1.29 is 18.8 Å². The standard InChI is InChI=1S/C32H30FN7O3/c33-23-10-7-19(8-11-23)14-20-4-1-2-5-21(20)16-29(41)39-17-26-25-15-22(9-12-24(25)31(42)34-27(26)18-39)32(43)40-13-3-6-28(40)30-35-37-38-36-30/h1-2,4-5,7-12,15,26-28H,3,6,13-14,16-18H2,(H,34,42)(H,35,36,37,38)/t26?,27?,28-/m1/s1. The lowest BCUT2D eigenvalue weighted by molar-refractivity contribution is -0.129. The van der Waals surface area contributed by atoms with Crippen molar-refractivity contribution in [2.45, 2.75) is 43.7 Å². The zero-order chi connectivity index (χ0) is 29.5. The molecule has 218 valence electrons. The van der Waals surface area contributed by atoms with Crippen molar-refractivity contribution in [1.29, 1.82) is 0 Å². The Balaban J connectivity index is 1.09. The minimum absolute atomic E-state index is 0.0241. The highest BCUT2D eigenvalue weighted by molar-refractivity contribution is 6.01. The van der Waals surface area contributed by atoms with E-state index in [-0.39, 0.29) is 48.0 Å². The Morgan fingerprint density at radius 3 is 2.60 bits per heavy atom. The van der Waals surface area contributed by atoms with Gasteiger partial charge in [-0.2, -0.15) is 5.21 Å². The van der Waals surface area contributed by atoms with E-state index in [0.29, 0.717) is 43.0 Å². The van der Waals surface area contributed by atoms with Gasteiger partial charge < -0.3 is 15.1 Å². The van der Waals surface area contributed by atoms with Gasteiger partial charge in [-0.15, -0.1) is 10.2 Å². The van der Waals surface area contributed by atoms with Crippen LogP contribution in [0.15, 0.2) is 66.7 Å². The minimum Gasteiger partial charge on any atom is -0.347 e. The predicted molar refractivity (Wildman–Crippen MR) is 154 cm³/mol. The fourth-order valence-corrected chi connectivity index (χ4v) is 6.68. The van der Waals surface area contributed by atoms with E-state index in [2.05, 4.69) is 25.9 Å². The summed E-state index contributed by atoms with van der Waals surface area (Å²) in [6, 6.07) is 19.0. The van der Waals surface area contributed by atoms with Gasteiger partial charge in [-0.25, -0.2) is 4.39 Å². The van der Waals surface area contributed by atoms with Crippen LogP contribution in [0.2, 0.25) is 0 Å². The number of hydrogen-bond donors (Lipinski definition) is 2. The van der Waals surface area contributed by atoms with Crippen LogP contribution in [0.5, 0.6) is 0 Å². The van der Waals surface area contributed by atoms with Gasteiger partial charge in [-0.3, -0.25) is 14.4 Å². The Hall–Kier alpha value is -4.93. The summed E-state index contributed by atoms with van der Waals surface area (Å²) in [5, 5.41) is 17.4. The fraction of sp³-hybridized carbons (Fsp3) is 0.312. The molecule has 3 aliphatic heterocycles. The highest BCUT2D eigenvalue weighted by atomic mass is 19.1. The van der Waals surface area contributed by atoms with Crippen molar-refractivity contribution in [2.75, 3.05) is 19.6 Å². The average Bonchev–Trinajstić information content (AvgIpc) is 3.80. The first-order chi connectivity index (χ1) is 20.9. The van der Waals surface area contributed by atoms with Crippen LogP contribution in [-0.4, -0.2) is 73.8 Å². The Kier molecular flexibility index (Phi) is 6.92. The van der Waals surface area contributed by atoms with Gasteiger partial charge >= 0.3 is 0 Å². The molecule has 3 aromatic carbocycles. The van der Waals surface area contributed by atoms with E-state index < -0.39 is 0 Å². The number of nitrogens with zero attached hydrogens (tertiary/aromatic N) is 5. The zero-order valence-corrected chi connectivity index (χ0v) is 23.4. The highest BCUT2D eigenvalue weighted by Crippen LogP contribution is 2.36. The molecular weight excluding hydrogens is 549 g/mol. The van der Waals surface area contributed by atoms with Gasteiger partial charge in [-0.1, -0.05) is 41.6 Å². The summed E-state index contributed by atoms with van der Waals surface area (Å²) >= 11 is 0. The van der Waals surface area contributed by atoms with Crippen LogP contribution in [0.4, 0.5) is 4.39 Å². The number of carbonyl (C=O) groups is 3. The van der Waals surface area contributed by atoms with E-state index in [9.17, 15) is 18.8 Å². The fourth-order valence-electron chi connectivity index (χ4n) is 6.68. The molecule has 0 spiro atoms. The molecule has 3 aliphatic rings. The predicted octanol–water partition coefficient (Wildman–Crippen LogP) is 3.19. The first-order valence-corrected chi connectivity index (χ1v) is 14.5. The van der Waals surface area contributed by atoms with Gasteiger partial charge in [0.25, 0.3) is 11.8 Å². The van der Waals surface area contributed by atoms with Gasteiger partial charge in [0.1, 0.15) is 5.82 Å². The van der Waals surface area contributed by atoms with E-state index in [1.807, 2.05) is 30.3 Å². The van der Waals surface area contributed by atoms with Crippen molar-refractivity contribution in [2.24, 2.45) is 0 Å². The maximum Gasteiger partial charge on any atom is 0.254 e. The molecule has 3 atom stereocenters. The number of benzene rings is 3. The molecule has 4 aromatic rings. The smallest absolute Gasteiger partial charge is 0.254 e. The summed E-state index contributed by atoms with van der Waals surface area (Å²) < 4.78 is 13.4. The number of amides is 3. The van der Waals surface area contributed by atoms with Crippen LogP contribution < -0.4 is 5.32 Å². The lowest BCUT2D eigenvalue weighted by atomic mass is 9.85. The number of rotatable bonds is 6. The maximum absolute atomic E-state index is 13.6. The summed E-state index contributed by atoms with van der Waals surface area (Å²) in [6.07, 6.45) is 2.42. The number of aromatic nitrogens is 4. The topological polar surface area (TPSA) is 124 Å². The third-order valence-electron chi connectivity index (χ3n) is 8.87. The summed E-state index contributed by atoms with van der Waals surface area (Å²) in [4.78, 5) is 43.8. The number of tetrazole rings is 1. The van der Waals surface area contributed by atoms with Crippen molar-refractivity contribution in [1.82, 2.24) is 35.7 Å². The summed E-state index contributed by atoms with van der Waals surface area (Å²) in [7, 11) is 0. The van der Waals surface area contributed by atoms with Crippen molar-refractivity contribution in [3.63, 3.8) is 0 Å². The first-order valence-electron chi connectivity index (χ1n) is 14.5. The molecular formula is C32H30FN7O3. The number of fused-ring (bicyclic) bond motifs is 3. The molecule has 4 heterocycles. The molecule has 11 heteroatoms. The van der Waals surface area contributed by atoms with Crippen LogP contribution in [0.3, 0.4) is 0 Å². The van der Waals surface area contributed by atoms with Crippen LogP contribution in [0.1, 0.15) is 73.6 Å². The minimum atomic E-state index is -0.281. The van der Waals surface area contributed by atoms with E-state index in [4.69, 9.17) is 0 Å². The largest absolute Gasteiger partial charge is 0.347 e.